The lowest BCUT2D eigenvalue weighted by atomic mass is 10.2. The molecule has 0 aliphatic rings. The third-order valence-corrected chi connectivity index (χ3v) is 3.05. The van der Waals surface area contributed by atoms with E-state index in [2.05, 4.69) is 5.32 Å². The summed E-state index contributed by atoms with van der Waals surface area (Å²) in [4.78, 5) is 23.8. The van der Waals surface area contributed by atoms with Crippen molar-refractivity contribution in [2.45, 2.75) is 13.5 Å². The van der Waals surface area contributed by atoms with Crippen LogP contribution < -0.4 is 16.6 Å². The predicted molar refractivity (Wildman–Crippen MR) is 79.9 cm³/mol. The highest BCUT2D eigenvalue weighted by Gasteiger charge is 2.08. The molecule has 5 nitrogen and oxygen atoms in total. The molecule has 0 bridgehead atoms. The van der Waals surface area contributed by atoms with Gasteiger partial charge in [0.2, 0.25) is 5.91 Å². The fourth-order valence-corrected chi connectivity index (χ4v) is 1.93. The molecule has 0 atom stereocenters. The minimum absolute atomic E-state index is 0.0769. The number of nitrogens with zero attached hydrogens (tertiary/aromatic N) is 1. The monoisotopic (exact) mass is 291 g/mol. The Bertz CT molecular complexity index is 710. The van der Waals surface area contributed by atoms with Crippen molar-refractivity contribution in [3.63, 3.8) is 0 Å². The first-order valence-corrected chi connectivity index (χ1v) is 6.36. The van der Waals surface area contributed by atoms with E-state index in [1.54, 1.807) is 43.5 Å². The number of aryl methyl sites for hydroxylation is 1. The Kier molecular flexibility index (Phi) is 4.10. The van der Waals surface area contributed by atoms with Crippen molar-refractivity contribution in [2.75, 3.05) is 11.1 Å². The first-order valence-electron chi connectivity index (χ1n) is 5.98. The van der Waals surface area contributed by atoms with Gasteiger partial charge in [0.15, 0.2) is 0 Å². The number of nitrogen functional groups attached to an aromatic ring is 1. The molecule has 0 aliphatic heterocycles. The average molecular weight is 292 g/mol. The van der Waals surface area contributed by atoms with Gasteiger partial charge in [0.25, 0.3) is 5.56 Å². The van der Waals surface area contributed by atoms with Gasteiger partial charge >= 0.3 is 0 Å². The summed E-state index contributed by atoms with van der Waals surface area (Å²) in [7, 11) is 0. The molecule has 1 heterocycles. The number of anilines is 2. The van der Waals surface area contributed by atoms with E-state index in [4.69, 9.17) is 17.3 Å². The minimum Gasteiger partial charge on any atom is -0.397 e. The van der Waals surface area contributed by atoms with E-state index >= 15 is 0 Å². The molecule has 0 fully saturated rings. The van der Waals surface area contributed by atoms with Crippen molar-refractivity contribution in [3.05, 3.63) is 57.5 Å². The van der Waals surface area contributed by atoms with Crippen LogP contribution in [0, 0.1) is 6.92 Å². The Morgan fingerprint density at radius 1 is 1.40 bits per heavy atom. The zero-order valence-electron chi connectivity index (χ0n) is 10.9. The first-order chi connectivity index (χ1) is 9.47. The van der Waals surface area contributed by atoms with Crippen LogP contribution in [-0.4, -0.2) is 10.5 Å². The maximum Gasteiger partial charge on any atom is 0.253 e. The summed E-state index contributed by atoms with van der Waals surface area (Å²) >= 11 is 5.84. The van der Waals surface area contributed by atoms with E-state index < -0.39 is 0 Å². The van der Waals surface area contributed by atoms with E-state index in [1.165, 1.54) is 4.57 Å². The summed E-state index contributed by atoms with van der Waals surface area (Å²) in [6.45, 7) is 1.62. The van der Waals surface area contributed by atoms with Crippen molar-refractivity contribution in [3.8, 4) is 0 Å². The van der Waals surface area contributed by atoms with Gasteiger partial charge in [-0.1, -0.05) is 17.7 Å². The van der Waals surface area contributed by atoms with Crippen molar-refractivity contribution >= 4 is 28.9 Å². The Hall–Kier alpha value is -2.27. The fraction of sp³-hybridized carbons (Fsp3) is 0.143. The van der Waals surface area contributed by atoms with Crippen LogP contribution in [0.4, 0.5) is 11.4 Å². The second-order valence-corrected chi connectivity index (χ2v) is 4.84. The lowest BCUT2D eigenvalue weighted by Crippen LogP contribution is -2.28. The number of carbonyl (C=O) groups excluding carboxylic acids is 1. The molecule has 1 aromatic carbocycles. The topological polar surface area (TPSA) is 77.1 Å². The highest BCUT2D eigenvalue weighted by molar-refractivity contribution is 6.31. The summed E-state index contributed by atoms with van der Waals surface area (Å²) in [6.07, 6.45) is 1.57. The van der Waals surface area contributed by atoms with Crippen molar-refractivity contribution in [1.29, 1.82) is 0 Å². The lowest BCUT2D eigenvalue weighted by Gasteiger charge is -2.10. The Morgan fingerprint density at radius 3 is 2.90 bits per heavy atom. The molecule has 1 amide bonds. The number of pyridine rings is 1. The lowest BCUT2D eigenvalue weighted by molar-refractivity contribution is -0.116. The molecule has 1 aromatic heterocycles. The van der Waals surface area contributed by atoms with Crippen LogP contribution in [-0.2, 0) is 11.3 Å². The molecule has 2 rings (SSSR count). The zero-order valence-corrected chi connectivity index (χ0v) is 11.6. The van der Waals surface area contributed by atoms with E-state index in [9.17, 15) is 9.59 Å². The maximum atomic E-state index is 11.9. The smallest absolute Gasteiger partial charge is 0.253 e. The van der Waals surface area contributed by atoms with Crippen LogP contribution in [0.15, 0.2) is 41.3 Å². The molecular weight excluding hydrogens is 278 g/mol. The van der Waals surface area contributed by atoms with Crippen LogP contribution in [0.5, 0.6) is 0 Å². The summed E-state index contributed by atoms with van der Waals surface area (Å²) < 4.78 is 1.34. The number of amides is 1. The highest BCUT2D eigenvalue weighted by Crippen LogP contribution is 2.22. The van der Waals surface area contributed by atoms with Crippen LogP contribution in [0.1, 0.15) is 5.56 Å². The molecular formula is C14H14ClN3O2. The van der Waals surface area contributed by atoms with Gasteiger partial charge in [-0.05, 0) is 31.2 Å². The normalized spacial score (nSPS) is 10.3. The number of benzene rings is 1. The number of aromatic nitrogens is 1. The first kappa shape index (κ1) is 14.1. The fourth-order valence-electron chi connectivity index (χ4n) is 1.76. The highest BCUT2D eigenvalue weighted by atomic mass is 35.5. The number of nitrogens with one attached hydrogen (secondary N) is 1. The molecule has 2 aromatic rings. The van der Waals surface area contributed by atoms with Gasteiger partial charge in [0.1, 0.15) is 6.54 Å². The number of rotatable bonds is 3. The van der Waals surface area contributed by atoms with Gasteiger partial charge < -0.3 is 15.6 Å². The van der Waals surface area contributed by atoms with Gasteiger partial charge in [-0.2, -0.15) is 0 Å². The molecule has 104 valence electrons. The van der Waals surface area contributed by atoms with Crippen molar-refractivity contribution in [1.82, 2.24) is 4.57 Å². The predicted octanol–water partition coefficient (Wildman–Crippen LogP) is 2.03. The molecule has 0 radical (unpaired) electrons. The van der Waals surface area contributed by atoms with Gasteiger partial charge in [-0.25, -0.2) is 0 Å². The minimum atomic E-state index is -0.341. The third-order valence-electron chi connectivity index (χ3n) is 2.81. The molecule has 6 heteroatoms. The second-order valence-electron chi connectivity index (χ2n) is 4.40. The Labute approximate surface area is 121 Å². The zero-order chi connectivity index (χ0) is 14.7. The van der Waals surface area contributed by atoms with Crippen molar-refractivity contribution in [2.24, 2.45) is 0 Å². The Morgan fingerprint density at radius 2 is 2.15 bits per heavy atom. The molecule has 0 aliphatic carbocycles. The molecule has 20 heavy (non-hydrogen) atoms. The summed E-state index contributed by atoms with van der Waals surface area (Å²) in [6, 6.07) is 8.23. The molecule has 0 spiro atoms. The van der Waals surface area contributed by atoms with Crippen LogP contribution in [0.2, 0.25) is 5.02 Å². The largest absolute Gasteiger partial charge is 0.397 e. The summed E-state index contributed by atoms with van der Waals surface area (Å²) in [5.74, 6) is -0.341. The molecule has 0 saturated heterocycles. The number of hydrogen-bond donors (Lipinski definition) is 2. The average Bonchev–Trinajstić information content (AvgIpc) is 2.39. The van der Waals surface area contributed by atoms with E-state index in [1.807, 2.05) is 0 Å². The Balaban J connectivity index is 2.15. The number of carbonyl (C=O) groups is 1. The quantitative estimate of drug-likeness (QED) is 0.850. The molecule has 3 N–H and O–H groups in total. The summed E-state index contributed by atoms with van der Waals surface area (Å²) in [5, 5.41) is 3.11. The molecule has 0 saturated carbocycles. The standard InChI is InChI=1S/C14H14ClN3O2/c1-9-3-2-6-18(14(9)20)8-13(19)17-12-7-10(15)4-5-11(12)16/h2-7H,8,16H2,1H3,(H,17,19). The number of nitrogens with two attached hydrogens (primary N) is 1. The van der Waals surface area contributed by atoms with Crippen LogP contribution >= 0.6 is 11.6 Å². The number of halogens is 1. The number of hydrogen-bond acceptors (Lipinski definition) is 3. The van der Waals surface area contributed by atoms with E-state index in [0.29, 0.717) is 22.0 Å². The van der Waals surface area contributed by atoms with Crippen molar-refractivity contribution < 1.29 is 4.79 Å². The van der Waals surface area contributed by atoms with Gasteiger partial charge in [-0.15, -0.1) is 0 Å². The summed E-state index contributed by atoms with van der Waals surface area (Å²) in [5.41, 5.74) is 6.99. The SMILES string of the molecule is Cc1cccn(CC(=O)Nc2cc(Cl)ccc2N)c1=O. The van der Waals surface area contributed by atoms with Gasteiger partial charge in [0, 0.05) is 16.8 Å². The van der Waals surface area contributed by atoms with Crippen LogP contribution in [0.25, 0.3) is 0 Å². The van der Waals surface area contributed by atoms with E-state index in [-0.39, 0.29) is 18.0 Å². The van der Waals surface area contributed by atoms with Gasteiger partial charge in [-0.3, -0.25) is 9.59 Å². The third kappa shape index (κ3) is 3.19. The maximum absolute atomic E-state index is 11.9. The van der Waals surface area contributed by atoms with E-state index in [0.717, 1.165) is 0 Å². The second kappa shape index (κ2) is 5.79. The molecule has 0 unspecified atom stereocenters. The van der Waals surface area contributed by atoms with Gasteiger partial charge in [0.05, 0.1) is 11.4 Å². The van der Waals surface area contributed by atoms with Crippen LogP contribution in [0.3, 0.4) is 0 Å².